The fraction of sp³-hybridized carbons (Fsp3) is 0.455. The van der Waals surface area contributed by atoms with Crippen molar-refractivity contribution in [3.05, 3.63) is 105 Å². The second-order valence-electron chi connectivity index (χ2n) is 11.0. The second-order valence-corrected chi connectivity index (χ2v) is 11.0. The summed E-state index contributed by atoms with van der Waals surface area (Å²) in [7, 11) is 0. The van der Waals surface area contributed by atoms with E-state index in [2.05, 4.69) is 96.1 Å². The standard InChI is InChI=1S/C33H42/c1-22-15-24(3)31(25(4)16-22)20-29-13-10-14-30(33(29)19-28-11-8-7-9-12-28)21-32-26(5)17-23(2)18-27(32)6/h7-9,11-12,15-18,29-30,33H,10,13-14,19-21H2,1-6H3. The van der Waals surface area contributed by atoms with E-state index < -0.39 is 0 Å². The van der Waals surface area contributed by atoms with Crippen LogP contribution in [0, 0.1) is 59.3 Å². The summed E-state index contributed by atoms with van der Waals surface area (Å²) in [6.45, 7) is 13.7. The Morgan fingerprint density at radius 3 is 1.42 bits per heavy atom. The van der Waals surface area contributed by atoms with Crippen molar-refractivity contribution < 1.29 is 0 Å². The van der Waals surface area contributed by atoms with E-state index in [4.69, 9.17) is 0 Å². The van der Waals surface area contributed by atoms with Crippen LogP contribution in [0.25, 0.3) is 0 Å². The molecule has 0 heterocycles. The predicted molar refractivity (Wildman–Crippen MR) is 143 cm³/mol. The Morgan fingerprint density at radius 2 is 1.00 bits per heavy atom. The largest absolute Gasteiger partial charge is 0.0622 e. The number of hydrogen-bond acceptors (Lipinski definition) is 0. The minimum atomic E-state index is 0.737. The lowest BCUT2D eigenvalue weighted by molar-refractivity contribution is 0.148. The van der Waals surface area contributed by atoms with Gasteiger partial charge in [0.05, 0.1) is 0 Å². The van der Waals surface area contributed by atoms with Crippen LogP contribution in [-0.2, 0) is 19.3 Å². The SMILES string of the molecule is Cc1cc(C)c(CC2CCCC(Cc3c(C)cc(C)cc3C)C2Cc2ccccc2)c(C)c1. The smallest absolute Gasteiger partial charge is 0.0242 e. The van der Waals surface area contributed by atoms with E-state index in [1.54, 1.807) is 11.1 Å². The predicted octanol–water partition coefficient (Wildman–Crippen LogP) is 8.60. The molecule has 2 unspecified atom stereocenters. The summed E-state index contributed by atoms with van der Waals surface area (Å²) in [6, 6.07) is 20.8. The fourth-order valence-electron chi connectivity index (χ4n) is 6.77. The van der Waals surface area contributed by atoms with Crippen LogP contribution in [0.15, 0.2) is 54.6 Å². The van der Waals surface area contributed by atoms with Crippen LogP contribution in [0.2, 0.25) is 0 Å². The van der Waals surface area contributed by atoms with Gasteiger partial charge in [-0.1, -0.05) is 72.1 Å². The van der Waals surface area contributed by atoms with Crippen molar-refractivity contribution in [2.45, 2.75) is 80.1 Å². The van der Waals surface area contributed by atoms with Crippen LogP contribution in [0.1, 0.15) is 69.3 Å². The molecule has 0 aliphatic heterocycles. The number of aryl methyl sites for hydroxylation is 6. The zero-order valence-corrected chi connectivity index (χ0v) is 21.7. The number of hydrogen-bond donors (Lipinski definition) is 0. The van der Waals surface area contributed by atoms with Crippen LogP contribution in [0.3, 0.4) is 0 Å². The molecule has 3 aromatic carbocycles. The van der Waals surface area contributed by atoms with Crippen molar-refractivity contribution in [1.29, 1.82) is 0 Å². The lowest BCUT2D eigenvalue weighted by Crippen LogP contribution is -2.33. The maximum Gasteiger partial charge on any atom is -0.0242 e. The molecule has 0 heteroatoms. The molecular weight excluding hydrogens is 396 g/mol. The third-order valence-electron chi connectivity index (χ3n) is 8.29. The lowest BCUT2D eigenvalue weighted by atomic mass is 9.65. The normalized spacial score (nSPS) is 20.7. The highest BCUT2D eigenvalue weighted by atomic mass is 14.4. The summed E-state index contributed by atoms with van der Waals surface area (Å²) in [5.41, 5.74) is 13.4. The minimum absolute atomic E-state index is 0.737. The average molecular weight is 439 g/mol. The summed E-state index contributed by atoms with van der Waals surface area (Å²) < 4.78 is 0. The van der Waals surface area contributed by atoms with Gasteiger partial charge in [-0.25, -0.2) is 0 Å². The first-order valence-electron chi connectivity index (χ1n) is 13.0. The second kappa shape index (κ2) is 10.3. The Hall–Kier alpha value is -2.34. The summed E-state index contributed by atoms with van der Waals surface area (Å²) in [5, 5.41) is 0. The molecule has 174 valence electrons. The Balaban J connectivity index is 1.66. The van der Waals surface area contributed by atoms with E-state index in [1.807, 2.05) is 0 Å². The lowest BCUT2D eigenvalue weighted by Gasteiger charge is -2.40. The molecule has 0 bridgehead atoms. The molecule has 4 rings (SSSR count). The monoisotopic (exact) mass is 438 g/mol. The van der Waals surface area contributed by atoms with Crippen molar-refractivity contribution in [3.8, 4) is 0 Å². The molecule has 2 atom stereocenters. The Kier molecular flexibility index (Phi) is 7.42. The third kappa shape index (κ3) is 5.60. The molecule has 0 N–H and O–H groups in total. The highest BCUT2D eigenvalue weighted by Gasteiger charge is 2.34. The first-order valence-corrected chi connectivity index (χ1v) is 13.0. The van der Waals surface area contributed by atoms with Gasteiger partial charge in [0, 0.05) is 0 Å². The van der Waals surface area contributed by atoms with Gasteiger partial charge in [0.15, 0.2) is 0 Å². The van der Waals surface area contributed by atoms with E-state index in [1.165, 1.54) is 77.5 Å². The van der Waals surface area contributed by atoms with Gasteiger partial charge in [0.2, 0.25) is 0 Å². The van der Waals surface area contributed by atoms with Gasteiger partial charge in [-0.3, -0.25) is 0 Å². The molecule has 1 saturated carbocycles. The van der Waals surface area contributed by atoms with E-state index in [9.17, 15) is 0 Å². The highest BCUT2D eigenvalue weighted by molar-refractivity contribution is 5.39. The van der Waals surface area contributed by atoms with Gasteiger partial charge in [0.25, 0.3) is 0 Å². The van der Waals surface area contributed by atoms with Gasteiger partial charge in [0.1, 0.15) is 0 Å². The van der Waals surface area contributed by atoms with Gasteiger partial charge < -0.3 is 0 Å². The summed E-state index contributed by atoms with van der Waals surface area (Å²) in [5.74, 6) is 2.26. The van der Waals surface area contributed by atoms with Crippen molar-refractivity contribution in [1.82, 2.24) is 0 Å². The summed E-state index contributed by atoms with van der Waals surface area (Å²) in [6.07, 6.45) is 7.79. The first-order chi connectivity index (χ1) is 15.8. The van der Waals surface area contributed by atoms with Crippen LogP contribution in [0.4, 0.5) is 0 Å². The molecule has 0 saturated heterocycles. The molecular formula is C33H42. The van der Waals surface area contributed by atoms with Gasteiger partial charge >= 0.3 is 0 Å². The van der Waals surface area contributed by atoms with Crippen LogP contribution in [-0.4, -0.2) is 0 Å². The topological polar surface area (TPSA) is 0 Å². The molecule has 1 aliphatic carbocycles. The van der Waals surface area contributed by atoms with Gasteiger partial charge in [-0.15, -0.1) is 0 Å². The maximum atomic E-state index is 2.38. The minimum Gasteiger partial charge on any atom is -0.0622 e. The van der Waals surface area contributed by atoms with E-state index in [0.29, 0.717) is 0 Å². The van der Waals surface area contributed by atoms with Gasteiger partial charge in [-0.2, -0.15) is 0 Å². The third-order valence-corrected chi connectivity index (χ3v) is 8.29. The molecule has 33 heavy (non-hydrogen) atoms. The van der Waals surface area contributed by atoms with Gasteiger partial charge in [-0.05, 0) is 130 Å². The van der Waals surface area contributed by atoms with E-state index >= 15 is 0 Å². The van der Waals surface area contributed by atoms with E-state index in [-0.39, 0.29) is 0 Å². The molecule has 3 aromatic rings. The Morgan fingerprint density at radius 1 is 0.576 bits per heavy atom. The average Bonchev–Trinajstić information content (AvgIpc) is 2.75. The van der Waals surface area contributed by atoms with Crippen LogP contribution in [0.5, 0.6) is 0 Å². The van der Waals surface area contributed by atoms with Crippen molar-refractivity contribution in [2.75, 3.05) is 0 Å². The fourth-order valence-corrected chi connectivity index (χ4v) is 6.77. The quantitative estimate of drug-likeness (QED) is 0.361. The Labute approximate surface area is 202 Å². The Bertz CT molecular complexity index is 975. The maximum absolute atomic E-state index is 2.38. The summed E-state index contributed by atoms with van der Waals surface area (Å²) >= 11 is 0. The van der Waals surface area contributed by atoms with E-state index in [0.717, 1.165) is 17.8 Å². The molecule has 0 amide bonds. The van der Waals surface area contributed by atoms with Crippen molar-refractivity contribution in [2.24, 2.45) is 17.8 Å². The zero-order valence-electron chi connectivity index (χ0n) is 21.7. The zero-order chi connectivity index (χ0) is 23.5. The van der Waals surface area contributed by atoms with Crippen molar-refractivity contribution in [3.63, 3.8) is 0 Å². The molecule has 0 spiro atoms. The molecule has 0 aromatic heterocycles. The molecule has 0 radical (unpaired) electrons. The molecule has 0 nitrogen and oxygen atoms in total. The first kappa shape index (κ1) is 23.8. The molecule has 1 aliphatic rings. The molecule has 1 fully saturated rings. The van der Waals surface area contributed by atoms with Crippen molar-refractivity contribution >= 4 is 0 Å². The van der Waals surface area contributed by atoms with Crippen LogP contribution < -0.4 is 0 Å². The van der Waals surface area contributed by atoms with Crippen LogP contribution >= 0.6 is 0 Å². The highest BCUT2D eigenvalue weighted by Crippen LogP contribution is 2.42. The number of benzene rings is 3. The number of rotatable bonds is 6. The summed E-state index contributed by atoms with van der Waals surface area (Å²) in [4.78, 5) is 0.